The zero-order chi connectivity index (χ0) is 28.3. The van der Waals surface area contributed by atoms with Gasteiger partial charge < -0.3 is 5.11 Å². The van der Waals surface area contributed by atoms with Crippen LogP contribution < -0.4 is 0 Å². The van der Waals surface area contributed by atoms with Gasteiger partial charge in [0.15, 0.2) is 28.5 Å². The van der Waals surface area contributed by atoms with Gasteiger partial charge in [-0.15, -0.1) is 0 Å². The molecular weight excluding hydrogens is 476 g/mol. The Bertz CT molecular complexity index is 1270. The summed E-state index contributed by atoms with van der Waals surface area (Å²) in [5.74, 6) is -2.64. The highest BCUT2D eigenvalue weighted by atomic mass is 16.3. The van der Waals surface area contributed by atoms with Crippen LogP contribution >= 0.6 is 0 Å². The van der Waals surface area contributed by atoms with Gasteiger partial charge in [-0.05, 0) is 82.0 Å². The Morgan fingerprint density at radius 3 is 2.13 bits per heavy atom. The Hall–Kier alpha value is -2.40. The maximum atomic E-state index is 15.3. The van der Waals surface area contributed by atoms with Crippen LogP contribution in [0.1, 0.15) is 91.4 Å². The first kappa shape index (κ1) is 27.2. The molecule has 5 saturated carbocycles. The van der Waals surface area contributed by atoms with Gasteiger partial charge >= 0.3 is 0 Å². The van der Waals surface area contributed by atoms with Crippen molar-refractivity contribution in [3.05, 3.63) is 47.5 Å². The van der Waals surface area contributed by atoms with Crippen molar-refractivity contribution >= 4 is 23.1 Å². The van der Waals surface area contributed by atoms with Crippen LogP contribution in [0, 0.1) is 44.8 Å². The van der Waals surface area contributed by atoms with Crippen molar-refractivity contribution in [1.82, 2.24) is 0 Å². The Balaban J connectivity index is 1.89. The molecule has 0 aliphatic heterocycles. The molecule has 4 bridgehead atoms. The molecule has 0 aromatic heterocycles. The van der Waals surface area contributed by atoms with Crippen LogP contribution in [0.5, 0.6) is 0 Å². The number of ketones is 4. The number of hydrogen-bond acceptors (Lipinski definition) is 5. The quantitative estimate of drug-likeness (QED) is 0.303. The van der Waals surface area contributed by atoms with E-state index in [1.54, 1.807) is 44.2 Å². The van der Waals surface area contributed by atoms with E-state index in [4.69, 9.17) is 0 Å². The zero-order valence-corrected chi connectivity index (χ0v) is 24.1. The molecule has 5 aliphatic rings. The summed E-state index contributed by atoms with van der Waals surface area (Å²) in [5, 5.41) is 11.3. The molecule has 0 unspecified atom stereocenters. The van der Waals surface area contributed by atoms with E-state index in [0.29, 0.717) is 18.4 Å². The minimum atomic E-state index is -1.94. The molecule has 38 heavy (non-hydrogen) atoms. The molecule has 1 aromatic carbocycles. The van der Waals surface area contributed by atoms with Crippen LogP contribution in [0.15, 0.2) is 42.0 Å². The number of carbonyl (C=O) groups is 4. The highest BCUT2D eigenvalue weighted by molar-refractivity contribution is 6.42. The second-order valence-corrected chi connectivity index (χ2v) is 14.6. The normalized spacial score (nSPS) is 38.7. The van der Waals surface area contributed by atoms with E-state index < -0.39 is 50.0 Å². The second kappa shape index (κ2) is 7.84. The minimum Gasteiger partial charge on any atom is -0.390 e. The zero-order valence-electron chi connectivity index (χ0n) is 24.1. The third-order valence-corrected chi connectivity index (χ3v) is 11.5. The van der Waals surface area contributed by atoms with Gasteiger partial charge in [-0.1, -0.05) is 69.7 Å². The van der Waals surface area contributed by atoms with Crippen LogP contribution in [0.25, 0.3) is 0 Å². The topological polar surface area (TPSA) is 88.5 Å². The average molecular weight is 519 g/mol. The summed E-state index contributed by atoms with van der Waals surface area (Å²) in [6, 6.07) is 8.65. The molecule has 1 aromatic rings. The summed E-state index contributed by atoms with van der Waals surface area (Å²) < 4.78 is 0. The molecule has 0 radical (unpaired) electrons. The summed E-state index contributed by atoms with van der Waals surface area (Å²) in [5.41, 5.74) is -6.16. The number of hydrogen-bond donors (Lipinski definition) is 1. The fourth-order valence-electron chi connectivity index (χ4n) is 9.57. The van der Waals surface area contributed by atoms with Crippen LogP contribution in [0.4, 0.5) is 0 Å². The number of carbonyl (C=O) groups excluding carboxylic acids is 4. The average Bonchev–Trinajstić information content (AvgIpc) is 2.98. The predicted octanol–water partition coefficient (Wildman–Crippen LogP) is 5.79. The van der Waals surface area contributed by atoms with E-state index in [0.717, 1.165) is 5.57 Å². The standard InChI is InChI=1S/C33H42O5/c1-19(2)14-15-31-17-21-16-22-28(3,4)23(30(7,8)38)18-32(22,25(31)35)27(37)33(26(31)36,29(21,5)6)24(34)20-12-10-9-11-13-20/h9-14,21-23,38H,15-18H2,1-8H3/t21-,22-,23+,31+,32+,33-/m1/s1. The van der Waals surface area contributed by atoms with Gasteiger partial charge in [-0.3, -0.25) is 19.2 Å². The third-order valence-electron chi connectivity index (χ3n) is 11.5. The summed E-state index contributed by atoms with van der Waals surface area (Å²) >= 11 is 0. The summed E-state index contributed by atoms with van der Waals surface area (Å²) in [7, 11) is 0. The van der Waals surface area contributed by atoms with Crippen molar-refractivity contribution in [2.24, 2.45) is 44.8 Å². The number of Topliss-reactive ketones (excluding diaryl/α,β-unsaturated/α-hetero) is 4. The van der Waals surface area contributed by atoms with Gasteiger partial charge in [0.2, 0.25) is 0 Å². The molecule has 1 N–H and O–H groups in total. The molecule has 0 amide bonds. The summed E-state index contributed by atoms with van der Waals surface area (Å²) in [4.78, 5) is 59.8. The van der Waals surface area contributed by atoms with Crippen molar-refractivity contribution < 1.29 is 24.3 Å². The van der Waals surface area contributed by atoms with Crippen LogP contribution in [0.3, 0.4) is 0 Å². The lowest BCUT2D eigenvalue weighted by Crippen LogP contribution is -2.75. The van der Waals surface area contributed by atoms with Crippen molar-refractivity contribution in [3.63, 3.8) is 0 Å². The molecule has 5 nitrogen and oxygen atoms in total. The maximum absolute atomic E-state index is 15.3. The first-order valence-corrected chi connectivity index (χ1v) is 14.0. The molecule has 6 rings (SSSR count). The Morgan fingerprint density at radius 2 is 1.58 bits per heavy atom. The monoisotopic (exact) mass is 518 g/mol. The fourth-order valence-corrected chi connectivity index (χ4v) is 9.57. The maximum Gasteiger partial charge on any atom is 0.184 e. The second-order valence-electron chi connectivity index (χ2n) is 14.6. The molecule has 204 valence electrons. The van der Waals surface area contributed by atoms with Gasteiger partial charge in [0.25, 0.3) is 0 Å². The predicted molar refractivity (Wildman–Crippen MR) is 145 cm³/mol. The summed E-state index contributed by atoms with van der Waals surface area (Å²) in [6.45, 7) is 15.3. The Morgan fingerprint density at radius 1 is 0.974 bits per heavy atom. The highest BCUT2D eigenvalue weighted by Crippen LogP contribution is 2.77. The van der Waals surface area contributed by atoms with Gasteiger partial charge in [0.05, 0.1) is 16.4 Å². The van der Waals surface area contributed by atoms with Crippen molar-refractivity contribution in [1.29, 1.82) is 0 Å². The smallest absolute Gasteiger partial charge is 0.184 e. The van der Waals surface area contributed by atoms with Crippen LogP contribution in [0.2, 0.25) is 0 Å². The molecule has 5 heteroatoms. The fraction of sp³-hybridized carbons (Fsp3) is 0.636. The summed E-state index contributed by atoms with van der Waals surface area (Å²) in [6.07, 6.45) is 3.25. The van der Waals surface area contributed by atoms with Crippen molar-refractivity contribution in [2.45, 2.75) is 86.7 Å². The first-order valence-electron chi connectivity index (χ1n) is 14.0. The van der Waals surface area contributed by atoms with E-state index >= 15 is 4.79 Å². The number of benzene rings is 1. The lowest BCUT2D eigenvalue weighted by Gasteiger charge is -2.60. The lowest BCUT2D eigenvalue weighted by molar-refractivity contribution is -0.181. The van der Waals surface area contributed by atoms with E-state index in [-0.39, 0.29) is 36.4 Å². The van der Waals surface area contributed by atoms with Crippen molar-refractivity contribution in [3.8, 4) is 0 Å². The van der Waals surface area contributed by atoms with Gasteiger partial charge in [-0.25, -0.2) is 0 Å². The van der Waals surface area contributed by atoms with E-state index in [1.807, 2.05) is 33.8 Å². The van der Waals surface area contributed by atoms with Gasteiger partial charge in [-0.2, -0.15) is 0 Å². The highest BCUT2D eigenvalue weighted by Gasteiger charge is 2.86. The lowest BCUT2D eigenvalue weighted by atomic mass is 9.37. The molecule has 5 fully saturated rings. The minimum absolute atomic E-state index is 0.169. The SMILES string of the molecule is CC(C)=CC[C@]12C[C@H]3C[C@@H]4C(C)(C)[C@@H](C(C)(C)O)C[C@]4(C1=O)C(=O)[C@@](C(=O)c1ccccc1)(C2=O)C3(C)C. The van der Waals surface area contributed by atoms with E-state index in [9.17, 15) is 19.5 Å². The molecule has 0 saturated heterocycles. The largest absolute Gasteiger partial charge is 0.390 e. The van der Waals surface area contributed by atoms with E-state index in [2.05, 4.69) is 13.8 Å². The molecule has 6 atom stereocenters. The van der Waals surface area contributed by atoms with Crippen molar-refractivity contribution in [2.75, 3.05) is 0 Å². The van der Waals surface area contributed by atoms with E-state index in [1.165, 1.54) is 0 Å². The molecule has 5 aliphatic carbocycles. The number of allylic oxidation sites excluding steroid dienone is 2. The Kier molecular flexibility index (Phi) is 5.60. The molecule has 0 heterocycles. The first-order chi connectivity index (χ1) is 17.4. The van der Waals surface area contributed by atoms with Gasteiger partial charge in [0, 0.05) is 5.56 Å². The molecule has 1 spiro atoms. The third kappa shape index (κ3) is 2.92. The number of rotatable bonds is 5. The molecular formula is C33H42O5. The Labute approximate surface area is 226 Å². The van der Waals surface area contributed by atoms with Gasteiger partial charge in [0.1, 0.15) is 0 Å². The number of aliphatic hydroxyl groups is 1. The van der Waals surface area contributed by atoms with Crippen LogP contribution in [-0.4, -0.2) is 33.8 Å². The van der Waals surface area contributed by atoms with Crippen LogP contribution in [-0.2, 0) is 14.4 Å².